The number of aromatic nitrogens is 1. The van der Waals surface area contributed by atoms with E-state index in [1.807, 2.05) is 0 Å². The molecule has 1 heterocycles. The molecule has 1 unspecified atom stereocenters. The molecule has 0 aliphatic heterocycles. The second-order valence-corrected chi connectivity index (χ2v) is 5.46. The molecule has 0 aliphatic rings. The van der Waals surface area contributed by atoms with Gasteiger partial charge in [0.15, 0.2) is 0 Å². The van der Waals surface area contributed by atoms with Gasteiger partial charge in [0.1, 0.15) is 0 Å². The molecule has 2 aromatic rings. The minimum absolute atomic E-state index is 0.385. The zero-order chi connectivity index (χ0) is 14.4. The molecular formula is C18H26N2. The molecule has 1 atom stereocenters. The van der Waals surface area contributed by atoms with Crippen LogP contribution in [0.3, 0.4) is 0 Å². The highest BCUT2D eigenvalue weighted by atomic mass is 14.9. The number of nitrogens with zero attached hydrogens (tertiary/aromatic N) is 1. The van der Waals surface area contributed by atoms with Gasteiger partial charge < -0.3 is 9.88 Å². The summed E-state index contributed by atoms with van der Waals surface area (Å²) in [4.78, 5) is 0. The van der Waals surface area contributed by atoms with Gasteiger partial charge in [-0.25, -0.2) is 0 Å². The highest BCUT2D eigenvalue weighted by molar-refractivity contribution is 5.24. The Kier molecular flexibility index (Phi) is 5.42. The predicted molar refractivity (Wildman–Crippen MR) is 85.8 cm³/mol. The summed E-state index contributed by atoms with van der Waals surface area (Å²) < 4.78 is 2.26. The molecule has 0 saturated heterocycles. The molecule has 2 heteroatoms. The van der Waals surface area contributed by atoms with Crippen molar-refractivity contribution in [3.63, 3.8) is 0 Å². The molecule has 0 aliphatic carbocycles. The van der Waals surface area contributed by atoms with E-state index in [9.17, 15) is 0 Å². The summed E-state index contributed by atoms with van der Waals surface area (Å²) in [6.45, 7) is 8.66. The van der Waals surface area contributed by atoms with E-state index in [1.54, 1.807) is 0 Å². The highest BCUT2D eigenvalue weighted by Gasteiger charge is 2.05. The monoisotopic (exact) mass is 270 g/mol. The van der Waals surface area contributed by atoms with E-state index in [2.05, 4.69) is 73.4 Å². The van der Waals surface area contributed by atoms with Crippen LogP contribution in [0.4, 0.5) is 0 Å². The van der Waals surface area contributed by atoms with Crippen LogP contribution in [-0.2, 0) is 19.5 Å². The van der Waals surface area contributed by atoms with Crippen molar-refractivity contribution in [3.05, 3.63) is 59.4 Å². The summed E-state index contributed by atoms with van der Waals surface area (Å²) in [6.07, 6.45) is 6.69. The van der Waals surface area contributed by atoms with Crippen LogP contribution in [0.15, 0.2) is 42.7 Å². The van der Waals surface area contributed by atoms with E-state index in [4.69, 9.17) is 0 Å². The van der Waals surface area contributed by atoms with Crippen molar-refractivity contribution in [1.29, 1.82) is 0 Å². The average Bonchev–Trinajstić information content (AvgIpc) is 2.93. The Hall–Kier alpha value is -1.54. The summed E-state index contributed by atoms with van der Waals surface area (Å²) in [6, 6.07) is 11.5. The van der Waals surface area contributed by atoms with Gasteiger partial charge in [0.2, 0.25) is 0 Å². The number of nitrogens with one attached hydrogen (secondary N) is 1. The van der Waals surface area contributed by atoms with Crippen molar-refractivity contribution in [1.82, 2.24) is 9.88 Å². The van der Waals surface area contributed by atoms with Crippen molar-refractivity contribution in [2.75, 3.05) is 0 Å². The Bertz CT molecular complexity index is 510. The largest absolute Gasteiger partial charge is 0.354 e. The lowest BCUT2D eigenvalue weighted by molar-refractivity contribution is 0.573. The Morgan fingerprint density at radius 3 is 2.45 bits per heavy atom. The first-order valence-electron chi connectivity index (χ1n) is 7.69. The van der Waals surface area contributed by atoms with E-state index in [0.717, 1.165) is 19.5 Å². The number of hydrogen-bond acceptors (Lipinski definition) is 1. The molecule has 2 rings (SSSR count). The van der Waals surface area contributed by atoms with Crippen molar-refractivity contribution in [2.45, 2.75) is 52.7 Å². The second kappa shape index (κ2) is 7.30. The Labute approximate surface area is 122 Å². The lowest BCUT2D eigenvalue weighted by Crippen LogP contribution is -2.17. The summed E-state index contributed by atoms with van der Waals surface area (Å²) in [5.74, 6) is 0. The average molecular weight is 270 g/mol. The molecule has 1 aromatic heterocycles. The molecule has 0 saturated carbocycles. The Morgan fingerprint density at radius 2 is 1.80 bits per heavy atom. The zero-order valence-corrected chi connectivity index (χ0v) is 12.9. The van der Waals surface area contributed by atoms with Gasteiger partial charge in [0.25, 0.3) is 0 Å². The molecule has 20 heavy (non-hydrogen) atoms. The van der Waals surface area contributed by atoms with Crippen molar-refractivity contribution < 1.29 is 0 Å². The van der Waals surface area contributed by atoms with E-state index >= 15 is 0 Å². The van der Waals surface area contributed by atoms with Gasteiger partial charge in [-0.05, 0) is 42.5 Å². The summed E-state index contributed by atoms with van der Waals surface area (Å²) in [7, 11) is 0. The van der Waals surface area contributed by atoms with E-state index in [1.165, 1.54) is 23.1 Å². The molecule has 1 aromatic carbocycles. The molecule has 0 amide bonds. The Balaban J connectivity index is 1.88. The van der Waals surface area contributed by atoms with Crippen molar-refractivity contribution in [3.8, 4) is 0 Å². The molecule has 0 spiro atoms. The van der Waals surface area contributed by atoms with Crippen LogP contribution in [0.5, 0.6) is 0 Å². The fourth-order valence-corrected chi connectivity index (χ4v) is 2.42. The van der Waals surface area contributed by atoms with Crippen LogP contribution in [-0.4, -0.2) is 4.57 Å². The second-order valence-electron chi connectivity index (χ2n) is 5.46. The lowest BCUT2D eigenvalue weighted by Gasteiger charge is -2.14. The van der Waals surface area contributed by atoms with Gasteiger partial charge in [-0.3, -0.25) is 0 Å². The molecule has 0 radical (unpaired) electrons. The molecule has 0 fully saturated rings. The van der Waals surface area contributed by atoms with Gasteiger partial charge in [-0.2, -0.15) is 0 Å². The standard InChI is InChI=1S/C18H26N2/c1-4-11-20-12-10-17(14-20)13-19-15(3)18-8-6-16(5-2)7-9-18/h6-10,12,14-15,19H,4-5,11,13H2,1-3H3. The normalized spacial score (nSPS) is 12.6. The SMILES string of the molecule is CCCn1ccc(CNC(C)c2ccc(CC)cc2)c1. The number of aryl methyl sites for hydroxylation is 2. The van der Waals surface area contributed by atoms with Gasteiger partial charge in [-0.1, -0.05) is 38.1 Å². The molecule has 1 N–H and O–H groups in total. The molecular weight excluding hydrogens is 244 g/mol. The van der Waals surface area contributed by atoms with E-state index in [0.29, 0.717) is 6.04 Å². The fraction of sp³-hybridized carbons (Fsp3) is 0.444. The smallest absolute Gasteiger partial charge is 0.0294 e. The van der Waals surface area contributed by atoms with Gasteiger partial charge in [0, 0.05) is 31.5 Å². The predicted octanol–water partition coefficient (Wildman–Crippen LogP) is 4.31. The van der Waals surface area contributed by atoms with Crippen molar-refractivity contribution >= 4 is 0 Å². The maximum absolute atomic E-state index is 3.59. The topological polar surface area (TPSA) is 17.0 Å². The summed E-state index contributed by atoms with van der Waals surface area (Å²) in [5, 5.41) is 3.59. The Morgan fingerprint density at radius 1 is 1.05 bits per heavy atom. The third-order valence-electron chi connectivity index (χ3n) is 3.79. The number of rotatable bonds is 7. The molecule has 2 nitrogen and oxygen atoms in total. The third-order valence-corrected chi connectivity index (χ3v) is 3.79. The molecule has 108 valence electrons. The number of hydrogen-bond donors (Lipinski definition) is 1. The van der Waals surface area contributed by atoms with E-state index in [-0.39, 0.29) is 0 Å². The highest BCUT2D eigenvalue weighted by Crippen LogP contribution is 2.14. The zero-order valence-electron chi connectivity index (χ0n) is 12.9. The quantitative estimate of drug-likeness (QED) is 0.793. The van der Waals surface area contributed by atoms with E-state index < -0.39 is 0 Å². The van der Waals surface area contributed by atoms with Crippen LogP contribution in [0.25, 0.3) is 0 Å². The van der Waals surface area contributed by atoms with Gasteiger partial charge >= 0.3 is 0 Å². The third kappa shape index (κ3) is 3.97. The minimum Gasteiger partial charge on any atom is -0.354 e. The van der Waals surface area contributed by atoms with Gasteiger partial charge in [0.05, 0.1) is 0 Å². The van der Waals surface area contributed by atoms with Crippen LogP contribution >= 0.6 is 0 Å². The first-order chi connectivity index (χ1) is 9.72. The first kappa shape index (κ1) is 14.9. The van der Waals surface area contributed by atoms with Crippen LogP contribution in [0.1, 0.15) is 49.9 Å². The summed E-state index contributed by atoms with van der Waals surface area (Å²) >= 11 is 0. The maximum Gasteiger partial charge on any atom is 0.0294 e. The van der Waals surface area contributed by atoms with Crippen LogP contribution in [0, 0.1) is 0 Å². The lowest BCUT2D eigenvalue weighted by atomic mass is 10.0. The molecule has 0 bridgehead atoms. The van der Waals surface area contributed by atoms with Crippen molar-refractivity contribution in [2.24, 2.45) is 0 Å². The minimum atomic E-state index is 0.385. The maximum atomic E-state index is 3.59. The fourth-order valence-electron chi connectivity index (χ4n) is 2.42. The summed E-state index contributed by atoms with van der Waals surface area (Å²) in [5.41, 5.74) is 4.11. The van der Waals surface area contributed by atoms with Crippen LogP contribution in [0.2, 0.25) is 0 Å². The number of benzene rings is 1. The first-order valence-corrected chi connectivity index (χ1v) is 7.69. The van der Waals surface area contributed by atoms with Gasteiger partial charge in [-0.15, -0.1) is 0 Å². The van der Waals surface area contributed by atoms with Crippen LogP contribution < -0.4 is 5.32 Å².